The molecule has 1 unspecified atom stereocenters. The van der Waals surface area contributed by atoms with E-state index >= 15 is 0 Å². The first kappa shape index (κ1) is 17.1. The predicted octanol–water partition coefficient (Wildman–Crippen LogP) is 2.42. The molecule has 1 aliphatic heterocycles. The number of rotatable bonds is 6. The fourth-order valence-electron chi connectivity index (χ4n) is 2.73. The van der Waals surface area contributed by atoms with Gasteiger partial charge in [-0.2, -0.15) is 0 Å². The lowest BCUT2D eigenvalue weighted by Gasteiger charge is -2.30. The maximum atomic E-state index is 12.6. The van der Waals surface area contributed by atoms with Crippen LogP contribution in [0.1, 0.15) is 37.0 Å². The van der Waals surface area contributed by atoms with E-state index in [1.54, 1.807) is 23.1 Å². The zero-order valence-electron chi connectivity index (χ0n) is 13.6. The Balaban J connectivity index is 2.18. The summed E-state index contributed by atoms with van der Waals surface area (Å²) in [5.41, 5.74) is 0.489. The van der Waals surface area contributed by atoms with Crippen LogP contribution >= 0.6 is 0 Å². The number of hydrogen-bond donors (Lipinski definition) is 1. The molecule has 1 aliphatic rings. The Morgan fingerprint density at radius 3 is 2.57 bits per heavy atom. The van der Waals surface area contributed by atoms with E-state index < -0.39 is 11.9 Å². The highest BCUT2D eigenvalue weighted by atomic mass is 16.5. The Morgan fingerprint density at radius 2 is 1.91 bits per heavy atom. The molecule has 1 heterocycles. The Bertz CT molecular complexity index is 572. The number of carboxylic acid groups (broad SMARTS) is 1. The van der Waals surface area contributed by atoms with Gasteiger partial charge in [-0.05, 0) is 44.9 Å². The summed E-state index contributed by atoms with van der Waals surface area (Å²) in [7, 11) is 0. The van der Waals surface area contributed by atoms with Gasteiger partial charge in [-0.15, -0.1) is 0 Å². The highest BCUT2D eigenvalue weighted by Crippen LogP contribution is 2.29. The van der Waals surface area contributed by atoms with Crippen molar-refractivity contribution in [2.45, 2.75) is 26.7 Å². The molecule has 1 aromatic rings. The molecule has 1 amide bonds. The molecule has 1 atom stereocenters. The molecule has 6 nitrogen and oxygen atoms in total. The number of likely N-dealkylation sites (tertiary alicyclic amines) is 1. The molecule has 23 heavy (non-hydrogen) atoms. The van der Waals surface area contributed by atoms with Crippen molar-refractivity contribution in [2.75, 3.05) is 26.3 Å². The molecule has 0 spiro atoms. The molecule has 0 bridgehead atoms. The van der Waals surface area contributed by atoms with Gasteiger partial charge >= 0.3 is 5.97 Å². The van der Waals surface area contributed by atoms with Gasteiger partial charge < -0.3 is 19.5 Å². The largest absolute Gasteiger partial charge is 0.490 e. The van der Waals surface area contributed by atoms with Gasteiger partial charge in [0.1, 0.15) is 0 Å². The maximum absolute atomic E-state index is 12.6. The van der Waals surface area contributed by atoms with Gasteiger partial charge in [0.05, 0.1) is 19.1 Å². The van der Waals surface area contributed by atoms with Crippen molar-refractivity contribution in [2.24, 2.45) is 5.92 Å². The van der Waals surface area contributed by atoms with Gasteiger partial charge in [0.25, 0.3) is 5.91 Å². The van der Waals surface area contributed by atoms with Crippen LogP contribution in [-0.4, -0.2) is 48.2 Å². The minimum atomic E-state index is -0.843. The number of benzene rings is 1. The third kappa shape index (κ3) is 4.15. The van der Waals surface area contributed by atoms with Crippen molar-refractivity contribution in [3.05, 3.63) is 23.8 Å². The minimum absolute atomic E-state index is 0.167. The molecule has 0 aliphatic carbocycles. The summed E-state index contributed by atoms with van der Waals surface area (Å²) in [5.74, 6) is -0.356. The van der Waals surface area contributed by atoms with E-state index in [1.165, 1.54) is 0 Å². The number of ether oxygens (including phenoxy) is 2. The Kier molecular flexibility index (Phi) is 5.84. The summed E-state index contributed by atoms with van der Waals surface area (Å²) in [6, 6.07) is 5.09. The number of aliphatic carboxylic acids is 1. The van der Waals surface area contributed by atoms with Crippen LogP contribution in [0.25, 0.3) is 0 Å². The topological polar surface area (TPSA) is 76.1 Å². The molecule has 6 heteroatoms. The third-order valence-corrected chi connectivity index (χ3v) is 3.85. The zero-order chi connectivity index (χ0) is 16.8. The number of hydrogen-bond acceptors (Lipinski definition) is 4. The molecule has 0 saturated carbocycles. The van der Waals surface area contributed by atoms with E-state index in [0.717, 1.165) is 0 Å². The summed E-state index contributed by atoms with van der Waals surface area (Å²) in [6.07, 6.45) is 1.32. The maximum Gasteiger partial charge on any atom is 0.308 e. The van der Waals surface area contributed by atoms with Gasteiger partial charge in [0.15, 0.2) is 11.5 Å². The van der Waals surface area contributed by atoms with Gasteiger partial charge in [-0.25, -0.2) is 0 Å². The summed E-state index contributed by atoms with van der Waals surface area (Å²) in [5, 5.41) is 9.14. The Morgan fingerprint density at radius 1 is 1.22 bits per heavy atom. The SMILES string of the molecule is CCOc1ccc(C(=O)N2CCCC(C(=O)O)C2)cc1OCC. The first-order valence-electron chi connectivity index (χ1n) is 7.98. The second-order valence-electron chi connectivity index (χ2n) is 5.46. The second kappa shape index (κ2) is 7.85. The molecule has 1 saturated heterocycles. The first-order valence-corrected chi connectivity index (χ1v) is 7.98. The number of piperidine rings is 1. The van der Waals surface area contributed by atoms with Crippen LogP contribution in [0.15, 0.2) is 18.2 Å². The van der Waals surface area contributed by atoms with Crippen molar-refractivity contribution in [1.29, 1.82) is 0 Å². The van der Waals surface area contributed by atoms with Crippen LogP contribution in [0.4, 0.5) is 0 Å². The number of nitrogens with zero attached hydrogens (tertiary/aromatic N) is 1. The molecule has 2 rings (SSSR count). The summed E-state index contributed by atoms with van der Waals surface area (Å²) in [4.78, 5) is 25.4. The summed E-state index contributed by atoms with van der Waals surface area (Å²) < 4.78 is 11.0. The van der Waals surface area contributed by atoms with Crippen LogP contribution in [0, 0.1) is 5.92 Å². The Hall–Kier alpha value is -2.24. The van der Waals surface area contributed by atoms with Crippen LogP contribution in [0.3, 0.4) is 0 Å². The van der Waals surface area contributed by atoms with Gasteiger partial charge in [0.2, 0.25) is 0 Å². The standard InChI is InChI=1S/C17H23NO5/c1-3-22-14-8-7-12(10-15(14)23-4-2)16(19)18-9-5-6-13(11-18)17(20)21/h7-8,10,13H,3-6,9,11H2,1-2H3,(H,20,21). The molecular formula is C17H23NO5. The third-order valence-electron chi connectivity index (χ3n) is 3.85. The quantitative estimate of drug-likeness (QED) is 0.871. The molecule has 1 aromatic carbocycles. The van der Waals surface area contributed by atoms with Crippen molar-refractivity contribution in [3.8, 4) is 11.5 Å². The van der Waals surface area contributed by atoms with E-state index in [-0.39, 0.29) is 12.5 Å². The normalized spacial score (nSPS) is 17.7. The smallest absolute Gasteiger partial charge is 0.308 e. The highest BCUT2D eigenvalue weighted by molar-refractivity contribution is 5.95. The van der Waals surface area contributed by atoms with Crippen molar-refractivity contribution < 1.29 is 24.2 Å². The van der Waals surface area contributed by atoms with Crippen molar-refractivity contribution >= 4 is 11.9 Å². The monoisotopic (exact) mass is 321 g/mol. The molecule has 0 aromatic heterocycles. The second-order valence-corrected chi connectivity index (χ2v) is 5.46. The van der Waals surface area contributed by atoms with Gasteiger partial charge in [-0.1, -0.05) is 0 Å². The van der Waals surface area contributed by atoms with Gasteiger partial charge in [-0.3, -0.25) is 9.59 Å². The average Bonchev–Trinajstić information content (AvgIpc) is 2.56. The average molecular weight is 321 g/mol. The van der Waals surface area contributed by atoms with Crippen LogP contribution in [0.2, 0.25) is 0 Å². The molecule has 1 fully saturated rings. The van der Waals surface area contributed by atoms with E-state index in [0.29, 0.717) is 49.7 Å². The van der Waals surface area contributed by atoms with E-state index in [4.69, 9.17) is 14.6 Å². The fraction of sp³-hybridized carbons (Fsp3) is 0.529. The zero-order valence-corrected chi connectivity index (χ0v) is 13.6. The van der Waals surface area contributed by atoms with E-state index in [1.807, 2.05) is 13.8 Å². The summed E-state index contributed by atoms with van der Waals surface area (Å²) in [6.45, 7) is 5.58. The van der Waals surface area contributed by atoms with Crippen molar-refractivity contribution in [1.82, 2.24) is 4.90 Å². The number of carboxylic acids is 1. The lowest BCUT2D eigenvalue weighted by molar-refractivity contribution is -0.143. The van der Waals surface area contributed by atoms with E-state index in [2.05, 4.69) is 0 Å². The molecular weight excluding hydrogens is 298 g/mol. The number of amides is 1. The summed E-state index contributed by atoms with van der Waals surface area (Å²) >= 11 is 0. The van der Waals surface area contributed by atoms with Crippen LogP contribution in [-0.2, 0) is 4.79 Å². The van der Waals surface area contributed by atoms with E-state index in [9.17, 15) is 9.59 Å². The molecule has 126 valence electrons. The van der Waals surface area contributed by atoms with Gasteiger partial charge in [0, 0.05) is 18.7 Å². The first-order chi connectivity index (χ1) is 11.1. The lowest BCUT2D eigenvalue weighted by Crippen LogP contribution is -2.42. The highest BCUT2D eigenvalue weighted by Gasteiger charge is 2.29. The fourth-order valence-corrected chi connectivity index (χ4v) is 2.73. The molecule has 1 N–H and O–H groups in total. The minimum Gasteiger partial charge on any atom is -0.490 e. The van der Waals surface area contributed by atoms with Crippen molar-refractivity contribution in [3.63, 3.8) is 0 Å². The lowest BCUT2D eigenvalue weighted by atomic mass is 9.97. The molecule has 0 radical (unpaired) electrons. The Labute approximate surface area is 136 Å². The van der Waals surface area contributed by atoms with Crippen LogP contribution < -0.4 is 9.47 Å². The number of carbonyl (C=O) groups is 2. The predicted molar refractivity (Wildman–Crippen MR) is 85.0 cm³/mol. The number of carbonyl (C=O) groups excluding carboxylic acids is 1. The van der Waals surface area contributed by atoms with Crippen LogP contribution in [0.5, 0.6) is 11.5 Å².